The number of carbonyl (C=O) groups excluding carboxylic acids is 1. The molecule has 0 saturated carbocycles. The van der Waals surface area contributed by atoms with Crippen LogP contribution < -0.4 is 10.1 Å². The van der Waals surface area contributed by atoms with Gasteiger partial charge in [0.05, 0.1) is 4.91 Å². The average molecular weight is 396 g/mol. The van der Waals surface area contributed by atoms with Crippen molar-refractivity contribution in [2.75, 3.05) is 0 Å². The smallest absolute Gasteiger partial charge is 0.263 e. The molecule has 0 aliphatic carbocycles. The van der Waals surface area contributed by atoms with Crippen molar-refractivity contribution in [2.45, 2.75) is 6.61 Å². The van der Waals surface area contributed by atoms with Gasteiger partial charge in [0, 0.05) is 15.6 Å². The van der Waals surface area contributed by atoms with Gasteiger partial charge >= 0.3 is 0 Å². The van der Waals surface area contributed by atoms with E-state index in [1.165, 1.54) is 11.8 Å². The van der Waals surface area contributed by atoms with Gasteiger partial charge in [-0.2, -0.15) is 0 Å². The molecule has 24 heavy (non-hydrogen) atoms. The summed E-state index contributed by atoms with van der Waals surface area (Å²) in [7, 11) is 0. The van der Waals surface area contributed by atoms with Crippen molar-refractivity contribution in [3.05, 3.63) is 68.5 Å². The molecule has 1 fully saturated rings. The number of carbonyl (C=O) groups is 1. The first-order chi connectivity index (χ1) is 11.5. The summed E-state index contributed by atoms with van der Waals surface area (Å²) in [5, 5.41) is 3.82. The number of halogens is 2. The van der Waals surface area contributed by atoms with Crippen LogP contribution in [0.4, 0.5) is 0 Å². The van der Waals surface area contributed by atoms with Crippen molar-refractivity contribution >= 4 is 63.5 Å². The van der Waals surface area contributed by atoms with E-state index in [0.29, 0.717) is 31.6 Å². The van der Waals surface area contributed by atoms with E-state index in [1.54, 1.807) is 24.3 Å². The molecule has 7 heteroatoms. The highest BCUT2D eigenvalue weighted by atomic mass is 35.5. The minimum atomic E-state index is -0.214. The lowest BCUT2D eigenvalue weighted by atomic mass is 10.1. The third kappa shape index (κ3) is 4.30. The Morgan fingerprint density at radius 1 is 1.12 bits per heavy atom. The molecule has 0 aromatic heterocycles. The van der Waals surface area contributed by atoms with Gasteiger partial charge in [0.2, 0.25) is 0 Å². The zero-order valence-corrected chi connectivity index (χ0v) is 15.4. The van der Waals surface area contributed by atoms with Crippen molar-refractivity contribution in [1.82, 2.24) is 5.32 Å². The van der Waals surface area contributed by atoms with E-state index >= 15 is 0 Å². The summed E-state index contributed by atoms with van der Waals surface area (Å²) in [5.74, 6) is 0.418. The van der Waals surface area contributed by atoms with Gasteiger partial charge in [-0.3, -0.25) is 4.79 Å². The maximum atomic E-state index is 11.8. The molecule has 1 aliphatic heterocycles. The predicted molar refractivity (Wildman–Crippen MR) is 104 cm³/mol. The first-order valence-corrected chi connectivity index (χ1v) is 8.91. The number of thiocarbonyl (C=S) groups is 1. The van der Waals surface area contributed by atoms with E-state index in [0.717, 1.165) is 11.1 Å². The summed E-state index contributed by atoms with van der Waals surface area (Å²) in [5.41, 5.74) is 1.71. The summed E-state index contributed by atoms with van der Waals surface area (Å²) in [6.07, 6.45) is 1.72. The zero-order chi connectivity index (χ0) is 17.1. The van der Waals surface area contributed by atoms with Crippen molar-refractivity contribution in [3.8, 4) is 5.75 Å². The Balaban J connectivity index is 1.83. The van der Waals surface area contributed by atoms with Gasteiger partial charge in [-0.1, -0.05) is 59.3 Å². The molecule has 1 heterocycles. The number of ether oxygens (including phenoxy) is 1. The van der Waals surface area contributed by atoms with E-state index in [9.17, 15) is 4.79 Å². The molecule has 1 saturated heterocycles. The summed E-state index contributed by atoms with van der Waals surface area (Å²) in [6, 6.07) is 12.7. The second kappa shape index (κ2) is 7.57. The molecule has 1 amide bonds. The quantitative estimate of drug-likeness (QED) is 0.579. The number of amides is 1. The molecule has 2 aromatic carbocycles. The van der Waals surface area contributed by atoms with E-state index in [4.69, 9.17) is 40.2 Å². The van der Waals surface area contributed by atoms with Gasteiger partial charge in [-0.05, 0) is 42.0 Å². The molecule has 0 radical (unpaired) electrons. The van der Waals surface area contributed by atoms with Crippen LogP contribution in [0.3, 0.4) is 0 Å². The topological polar surface area (TPSA) is 38.3 Å². The van der Waals surface area contributed by atoms with Crippen molar-refractivity contribution in [2.24, 2.45) is 0 Å². The minimum Gasteiger partial charge on any atom is -0.488 e. The number of rotatable bonds is 4. The maximum Gasteiger partial charge on any atom is 0.263 e. The van der Waals surface area contributed by atoms with Crippen molar-refractivity contribution < 1.29 is 9.53 Å². The third-order valence-corrected chi connectivity index (χ3v) is 4.86. The second-order valence-corrected chi connectivity index (χ2v) is 7.54. The number of nitrogens with one attached hydrogen (secondary N) is 1. The van der Waals surface area contributed by atoms with Crippen molar-refractivity contribution in [3.63, 3.8) is 0 Å². The number of thioether (sulfide) groups is 1. The number of benzene rings is 2. The Labute approximate surface area is 159 Å². The highest BCUT2D eigenvalue weighted by molar-refractivity contribution is 8.26. The highest BCUT2D eigenvalue weighted by Crippen LogP contribution is 2.31. The normalized spacial score (nSPS) is 15.7. The van der Waals surface area contributed by atoms with Gasteiger partial charge < -0.3 is 10.1 Å². The lowest BCUT2D eigenvalue weighted by Gasteiger charge is -2.10. The van der Waals surface area contributed by atoms with Crippen LogP contribution in [-0.4, -0.2) is 10.2 Å². The van der Waals surface area contributed by atoms with Crippen LogP contribution in [0.25, 0.3) is 6.08 Å². The van der Waals surface area contributed by atoms with Crippen molar-refractivity contribution in [1.29, 1.82) is 0 Å². The standard InChI is InChI=1S/C17H11Cl2NO2S2/c18-12-3-1-10(2-4-12)9-22-14-6-5-13(19)7-11(14)8-15-16(21)20-17(23)24-15/h1-8H,9H2,(H,20,21,23)/b15-8-. The molecule has 3 nitrogen and oxygen atoms in total. The summed E-state index contributed by atoms with van der Waals surface area (Å²) in [6.45, 7) is 0.382. The van der Waals surface area contributed by atoms with E-state index in [2.05, 4.69) is 5.32 Å². The van der Waals surface area contributed by atoms with Crippen LogP contribution in [0.15, 0.2) is 47.4 Å². The van der Waals surface area contributed by atoms with Crippen LogP contribution in [-0.2, 0) is 11.4 Å². The lowest BCUT2D eigenvalue weighted by molar-refractivity contribution is -0.115. The molecule has 1 aliphatic rings. The Bertz CT molecular complexity index is 835. The Morgan fingerprint density at radius 2 is 1.83 bits per heavy atom. The third-order valence-electron chi connectivity index (χ3n) is 3.21. The lowest BCUT2D eigenvalue weighted by Crippen LogP contribution is -2.17. The van der Waals surface area contributed by atoms with E-state index in [1.807, 2.05) is 24.3 Å². The Kier molecular flexibility index (Phi) is 5.46. The molecular formula is C17H11Cl2NO2S2. The summed E-state index contributed by atoms with van der Waals surface area (Å²) in [4.78, 5) is 12.3. The zero-order valence-electron chi connectivity index (χ0n) is 12.2. The summed E-state index contributed by atoms with van der Waals surface area (Å²) >= 11 is 18.2. The highest BCUT2D eigenvalue weighted by Gasteiger charge is 2.22. The second-order valence-electron chi connectivity index (χ2n) is 4.95. The Hall–Kier alpha value is -1.53. The van der Waals surface area contributed by atoms with Crippen LogP contribution in [0.1, 0.15) is 11.1 Å². The van der Waals surface area contributed by atoms with Crippen LogP contribution >= 0.6 is 47.2 Å². The van der Waals surface area contributed by atoms with Gasteiger partial charge in [0.1, 0.15) is 16.7 Å². The van der Waals surface area contributed by atoms with Gasteiger partial charge in [0.25, 0.3) is 5.91 Å². The number of hydrogen-bond acceptors (Lipinski definition) is 4. The Morgan fingerprint density at radius 3 is 2.50 bits per heavy atom. The molecule has 0 bridgehead atoms. The first kappa shape index (κ1) is 17.3. The number of hydrogen-bond donors (Lipinski definition) is 1. The molecule has 0 spiro atoms. The largest absolute Gasteiger partial charge is 0.488 e. The fourth-order valence-corrected chi connectivity index (χ4v) is 3.41. The fourth-order valence-electron chi connectivity index (χ4n) is 2.07. The van der Waals surface area contributed by atoms with E-state index in [-0.39, 0.29) is 5.91 Å². The monoisotopic (exact) mass is 395 g/mol. The van der Waals surface area contributed by atoms with Gasteiger partial charge in [-0.15, -0.1) is 0 Å². The molecule has 0 atom stereocenters. The summed E-state index contributed by atoms with van der Waals surface area (Å²) < 4.78 is 6.31. The fraction of sp³-hybridized carbons (Fsp3) is 0.0588. The molecule has 0 unspecified atom stereocenters. The molecule has 3 rings (SSSR count). The first-order valence-electron chi connectivity index (χ1n) is 6.93. The van der Waals surface area contributed by atoms with E-state index < -0.39 is 0 Å². The van der Waals surface area contributed by atoms with Gasteiger partial charge in [0.15, 0.2) is 0 Å². The SMILES string of the molecule is O=C1NC(=S)S/C1=C\c1cc(Cl)ccc1OCc1ccc(Cl)cc1. The molecule has 1 N–H and O–H groups in total. The molecular weight excluding hydrogens is 385 g/mol. The van der Waals surface area contributed by atoms with Crippen LogP contribution in [0, 0.1) is 0 Å². The average Bonchev–Trinajstić information content (AvgIpc) is 2.86. The maximum absolute atomic E-state index is 11.8. The predicted octanol–water partition coefficient (Wildman–Crippen LogP) is 5.06. The molecule has 2 aromatic rings. The molecule has 122 valence electrons. The van der Waals surface area contributed by atoms with Gasteiger partial charge in [-0.25, -0.2) is 0 Å². The van der Waals surface area contributed by atoms with Crippen LogP contribution in [0.2, 0.25) is 10.0 Å². The van der Waals surface area contributed by atoms with Crippen LogP contribution in [0.5, 0.6) is 5.75 Å². The minimum absolute atomic E-state index is 0.214.